The van der Waals surface area contributed by atoms with Crippen LogP contribution in [0.25, 0.3) is 0 Å². The molecule has 1 unspecified atom stereocenters. The van der Waals surface area contributed by atoms with Gasteiger partial charge in [0.25, 0.3) is 0 Å². The zero-order valence-corrected chi connectivity index (χ0v) is 10.2. The van der Waals surface area contributed by atoms with E-state index in [0.29, 0.717) is 10.6 Å². The van der Waals surface area contributed by atoms with Crippen molar-refractivity contribution < 1.29 is 4.39 Å². The summed E-state index contributed by atoms with van der Waals surface area (Å²) in [6.45, 7) is 1.73. The molecule has 0 radical (unpaired) electrons. The minimum absolute atomic E-state index is 0.236. The summed E-state index contributed by atoms with van der Waals surface area (Å²) >= 11 is 5.90. The van der Waals surface area contributed by atoms with E-state index in [1.807, 2.05) is 18.2 Å². The fraction of sp³-hybridized carbons (Fsp3) is 0.143. The Labute approximate surface area is 105 Å². The zero-order chi connectivity index (χ0) is 12.4. The Morgan fingerprint density at radius 2 is 1.82 bits per heavy atom. The van der Waals surface area contributed by atoms with E-state index in [0.717, 1.165) is 11.1 Å². The number of nitrogens with two attached hydrogens (primary N) is 1. The Morgan fingerprint density at radius 3 is 2.47 bits per heavy atom. The minimum atomic E-state index is -0.358. The molecule has 0 saturated carbocycles. The Hall–Kier alpha value is -1.38. The summed E-state index contributed by atoms with van der Waals surface area (Å²) < 4.78 is 13.5. The number of hydrogen-bond donors (Lipinski definition) is 1. The molecule has 0 aliphatic heterocycles. The van der Waals surface area contributed by atoms with Crippen LogP contribution in [0.5, 0.6) is 0 Å². The third-order valence-corrected chi connectivity index (χ3v) is 3.00. The fourth-order valence-corrected chi connectivity index (χ4v) is 1.89. The summed E-state index contributed by atoms with van der Waals surface area (Å²) in [5, 5.41) is 0.630. The van der Waals surface area contributed by atoms with Crippen LogP contribution in [0.15, 0.2) is 42.5 Å². The molecule has 1 nitrogen and oxygen atoms in total. The number of rotatable bonds is 2. The molecule has 0 aromatic heterocycles. The van der Waals surface area contributed by atoms with E-state index in [1.54, 1.807) is 25.1 Å². The standard InChI is InChI=1S/C14H13ClFN/c1-9-5-6-11(8-13(9)16)14(17)10-3-2-4-12(15)7-10/h2-8,14H,17H2,1H3. The maximum atomic E-state index is 13.5. The Kier molecular flexibility index (Phi) is 3.46. The van der Waals surface area contributed by atoms with E-state index in [9.17, 15) is 4.39 Å². The van der Waals surface area contributed by atoms with Crippen molar-refractivity contribution in [3.63, 3.8) is 0 Å². The van der Waals surface area contributed by atoms with Crippen LogP contribution in [-0.4, -0.2) is 0 Å². The van der Waals surface area contributed by atoms with Crippen LogP contribution >= 0.6 is 11.6 Å². The Morgan fingerprint density at radius 1 is 1.12 bits per heavy atom. The van der Waals surface area contributed by atoms with Gasteiger partial charge in [-0.1, -0.05) is 35.9 Å². The fourth-order valence-electron chi connectivity index (χ4n) is 1.70. The van der Waals surface area contributed by atoms with Crippen molar-refractivity contribution in [2.45, 2.75) is 13.0 Å². The van der Waals surface area contributed by atoms with Gasteiger partial charge in [0.2, 0.25) is 0 Å². The van der Waals surface area contributed by atoms with Gasteiger partial charge in [0.05, 0.1) is 6.04 Å². The average Bonchev–Trinajstić information content (AvgIpc) is 2.32. The van der Waals surface area contributed by atoms with Crippen LogP contribution in [0.4, 0.5) is 4.39 Å². The molecular formula is C14H13ClFN. The van der Waals surface area contributed by atoms with Gasteiger partial charge in [0.1, 0.15) is 5.82 Å². The van der Waals surface area contributed by atoms with Crippen molar-refractivity contribution in [1.29, 1.82) is 0 Å². The van der Waals surface area contributed by atoms with Crippen LogP contribution in [-0.2, 0) is 0 Å². The lowest BCUT2D eigenvalue weighted by atomic mass is 9.98. The largest absolute Gasteiger partial charge is 0.320 e. The highest BCUT2D eigenvalue weighted by molar-refractivity contribution is 6.30. The van der Waals surface area contributed by atoms with Gasteiger partial charge < -0.3 is 5.73 Å². The molecule has 0 fully saturated rings. The third kappa shape index (κ3) is 2.65. The van der Waals surface area contributed by atoms with E-state index in [4.69, 9.17) is 17.3 Å². The van der Waals surface area contributed by atoms with Crippen molar-refractivity contribution in [1.82, 2.24) is 0 Å². The molecule has 3 heteroatoms. The average molecular weight is 250 g/mol. The second-order valence-electron chi connectivity index (χ2n) is 4.04. The molecule has 0 spiro atoms. The van der Waals surface area contributed by atoms with Crippen molar-refractivity contribution in [2.24, 2.45) is 5.73 Å². The predicted octanol–water partition coefficient (Wildman–Crippen LogP) is 3.84. The van der Waals surface area contributed by atoms with E-state index >= 15 is 0 Å². The highest BCUT2D eigenvalue weighted by Crippen LogP contribution is 2.23. The molecule has 0 amide bonds. The van der Waals surface area contributed by atoms with Crippen molar-refractivity contribution >= 4 is 11.6 Å². The van der Waals surface area contributed by atoms with Gasteiger partial charge in [-0.3, -0.25) is 0 Å². The number of aryl methyl sites for hydroxylation is 1. The van der Waals surface area contributed by atoms with Crippen LogP contribution in [0.2, 0.25) is 5.02 Å². The molecule has 17 heavy (non-hydrogen) atoms. The van der Waals surface area contributed by atoms with Crippen molar-refractivity contribution in [2.75, 3.05) is 0 Å². The number of benzene rings is 2. The first-order valence-corrected chi connectivity index (χ1v) is 5.73. The van der Waals surface area contributed by atoms with E-state index in [1.165, 1.54) is 6.07 Å². The van der Waals surface area contributed by atoms with Gasteiger partial charge >= 0.3 is 0 Å². The van der Waals surface area contributed by atoms with Crippen LogP contribution < -0.4 is 5.73 Å². The van der Waals surface area contributed by atoms with Gasteiger partial charge in [-0.05, 0) is 41.8 Å². The summed E-state index contributed by atoms with van der Waals surface area (Å²) in [7, 11) is 0. The highest BCUT2D eigenvalue weighted by atomic mass is 35.5. The molecule has 0 aliphatic rings. The summed E-state index contributed by atoms with van der Waals surface area (Å²) in [6, 6.07) is 12.0. The maximum Gasteiger partial charge on any atom is 0.126 e. The quantitative estimate of drug-likeness (QED) is 0.860. The molecule has 88 valence electrons. The Balaban J connectivity index is 2.36. The normalized spacial score (nSPS) is 12.5. The van der Waals surface area contributed by atoms with Gasteiger partial charge in [-0.25, -0.2) is 4.39 Å². The number of hydrogen-bond acceptors (Lipinski definition) is 1. The summed E-state index contributed by atoms with van der Waals surface area (Å²) in [5.41, 5.74) is 8.32. The predicted molar refractivity (Wildman–Crippen MR) is 68.6 cm³/mol. The summed E-state index contributed by atoms with van der Waals surface area (Å²) in [4.78, 5) is 0. The highest BCUT2D eigenvalue weighted by Gasteiger charge is 2.10. The lowest BCUT2D eigenvalue weighted by Crippen LogP contribution is -2.12. The summed E-state index contributed by atoms with van der Waals surface area (Å²) in [5.74, 6) is -0.236. The molecule has 0 saturated heterocycles. The minimum Gasteiger partial charge on any atom is -0.320 e. The topological polar surface area (TPSA) is 26.0 Å². The monoisotopic (exact) mass is 249 g/mol. The van der Waals surface area contributed by atoms with Crippen molar-refractivity contribution in [3.05, 3.63) is 70.0 Å². The molecule has 2 rings (SSSR count). The van der Waals surface area contributed by atoms with Crippen molar-refractivity contribution in [3.8, 4) is 0 Å². The smallest absolute Gasteiger partial charge is 0.126 e. The first kappa shape index (κ1) is 12.1. The lowest BCUT2D eigenvalue weighted by molar-refractivity contribution is 0.614. The molecule has 2 aromatic rings. The second-order valence-corrected chi connectivity index (χ2v) is 4.48. The van der Waals surface area contributed by atoms with Crippen LogP contribution in [0.1, 0.15) is 22.7 Å². The number of halogens is 2. The van der Waals surface area contributed by atoms with Crippen LogP contribution in [0.3, 0.4) is 0 Å². The van der Waals surface area contributed by atoms with Gasteiger partial charge in [-0.15, -0.1) is 0 Å². The molecular weight excluding hydrogens is 237 g/mol. The second kappa shape index (κ2) is 4.86. The molecule has 0 heterocycles. The van der Waals surface area contributed by atoms with E-state index in [-0.39, 0.29) is 11.9 Å². The summed E-state index contributed by atoms with van der Waals surface area (Å²) in [6.07, 6.45) is 0. The third-order valence-electron chi connectivity index (χ3n) is 2.76. The van der Waals surface area contributed by atoms with E-state index < -0.39 is 0 Å². The molecule has 0 aliphatic carbocycles. The maximum absolute atomic E-state index is 13.5. The first-order chi connectivity index (χ1) is 8.08. The molecule has 1 atom stereocenters. The van der Waals surface area contributed by atoms with Gasteiger partial charge in [-0.2, -0.15) is 0 Å². The molecule has 2 N–H and O–H groups in total. The van der Waals surface area contributed by atoms with Crippen LogP contribution in [0, 0.1) is 12.7 Å². The van der Waals surface area contributed by atoms with E-state index in [2.05, 4.69) is 0 Å². The zero-order valence-electron chi connectivity index (χ0n) is 9.45. The Bertz CT molecular complexity index is 539. The SMILES string of the molecule is Cc1ccc(C(N)c2cccc(Cl)c2)cc1F. The lowest BCUT2D eigenvalue weighted by Gasteiger charge is -2.13. The molecule has 0 bridgehead atoms. The molecule has 2 aromatic carbocycles. The first-order valence-electron chi connectivity index (χ1n) is 5.35. The van der Waals surface area contributed by atoms with Gasteiger partial charge in [0, 0.05) is 5.02 Å². The van der Waals surface area contributed by atoms with Gasteiger partial charge in [0.15, 0.2) is 0 Å².